The van der Waals surface area contributed by atoms with Gasteiger partial charge in [0.25, 0.3) is 0 Å². The number of hydrogen-bond acceptors (Lipinski definition) is 2. The van der Waals surface area contributed by atoms with Crippen molar-refractivity contribution in [1.29, 1.82) is 0 Å². The van der Waals surface area contributed by atoms with Crippen LogP contribution in [0, 0.1) is 0 Å². The van der Waals surface area contributed by atoms with Crippen molar-refractivity contribution in [3.63, 3.8) is 0 Å². The molecule has 3 N–H and O–H groups in total. The number of hydrogen-bond donors (Lipinski definition) is 3. The zero-order valence-electron chi connectivity index (χ0n) is 16.3. The molecule has 0 fully saturated rings. The third-order valence-electron chi connectivity index (χ3n) is 4.01. The molecule has 0 spiro atoms. The molecule has 0 saturated heterocycles. The molecule has 0 aliphatic rings. The molecular weight excluding hydrogens is 335 g/mol. The maximum atomic E-state index is 11.5. The van der Waals surface area contributed by atoms with Crippen molar-refractivity contribution >= 4 is 13.4 Å². The van der Waals surface area contributed by atoms with Gasteiger partial charge in [0.2, 0.25) is 0 Å². The van der Waals surface area contributed by atoms with Gasteiger partial charge in [-0.1, -0.05) is 44.8 Å². The molecule has 0 rings (SSSR count). The minimum Gasteiger partial charge on any atom is -0.344 e. The topological polar surface area (TPSA) is 78.4 Å². The molecule has 0 heterocycles. The van der Waals surface area contributed by atoms with Gasteiger partial charge in [-0.05, 0) is 44.9 Å². The molecule has 0 saturated carbocycles. The molecule has 25 heavy (non-hydrogen) atoms. The zero-order valence-corrected chi connectivity index (χ0v) is 17.2. The lowest BCUT2D eigenvalue weighted by Gasteiger charge is -2.06. The first-order valence-electron chi connectivity index (χ1n) is 9.91. The van der Waals surface area contributed by atoms with Crippen LogP contribution in [0.5, 0.6) is 0 Å². The highest BCUT2D eigenvalue weighted by molar-refractivity contribution is 7.57. The van der Waals surface area contributed by atoms with Gasteiger partial charge >= 0.3 is 6.03 Å². The predicted octanol–water partition coefficient (Wildman–Crippen LogP) is 5.05. The summed E-state index contributed by atoms with van der Waals surface area (Å²) in [4.78, 5) is 20.7. The molecule has 0 aromatic heterocycles. The Morgan fingerprint density at radius 3 is 1.96 bits per heavy atom. The van der Waals surface area contributed by atoms with E-state index in [2.05, 4.69) is 29.7 Å². The Kier molecular flexibility index (Phi) is 16.1. The van der Waals surface area contributed by atoms with Crippen LogP contribution in [0.3, 0.4) is 0 Å². The van der Waals surface area contributed by atoms with Crippen molar-refractivity contribution in [2.45, 2.75) is 77.6 Å². The number of amides is 2. The predicted molar refractivity (Wildman–Crippen MR) is 108 cm³/mol. The summed E-state index contributed by atoms with van der Waals surface area (Å²) in [6.45, 7) is 5.09. The van der Waals surface area contributed by atoms with Crippen molar-refractivity contribution in [1.82, 2.24) is 10.6 Å². The highest BCUT2D eigenvalue weighted by Crippen LogP contribution is 2.36. The van der Waals surface area contributed by atoms with Gasteiger partial charge in [-0.25, -0.2) is 4.79 Å². The summed E-state index contributed by atoms with van der Waals surface area (Å²) >= 11 is 0. The highest BCUT2D eigenvalue weighted by atomic mass is 31.2. The van der Waals surface area contributed by atoms with Crippen molar-refractivity contribution in [2.75, 3.05) is 25.9 Å². The Hall–Kier alpha value is -0.800. The maximum Gasteiger partial charge on any atom is 0.314 e. The first-order chi connectivity index (χ1) is 12.0. The van der Waals surface area contributed by atoms with Crippen LogP contribution >= 0.6 is 7.37 Å². The smallest absolute Gasteiger partial charge is 0.314 e. The largest absolute Gasteiger partial charge is 0.344 e. The number of unbranched alkanes of at least 4 members (excludes halogenated alkanes) is 8. The summed E-state index contributed by atoms with van der Waals surface area (Å²) in [6.07, 6.45) is 16.7. The van der Waals surface area contributed by atoms with Gasteiger partial charge in [0.1, 0.15) is 0 Å². The van der Waals surface area contributed by atoms with Gasteiger partial charge in [0, 0.05) is 25.9 Å². The van der Waals surface area contributed by atoms with Crippen LogP contribution in [0.15, 0.2) is 12.2 Å². The van der Waals surface area contributed by atoms with E-state index in [4.69, 9.17) is 0 Å². The van der Waals surface area contributed by atoms with Gasteiger partial charge in [-0.15, -0.1) is 0 Å². The Bertz CT molecular complexity index is 394. The Labute approximate surface area is 154 Å². The number of allylic oxidation sites excluding steroid dienone is 2. The van der Waals surface area contributed by atoms with Crippen molar-refractivity contribution in [3.05, 3.63) is 12.2 Å². The molecular formula is C19H39N2O3P. The third-order valence-corrected chi connectivity index (χ3v) is 5.16. The van der Waals surface area contributed by atoms with Crippen LogP contribution in [0.1, 0.15) is 77.6 Å². The van der Waals surface area contributed by atoms with Crippen LogP contribution in [-0.2, 0) is 4.57 Å². The minimum absolute atomic E-state index is 0.0488. The lowest BCUT2D eigenvalue weighted by molar-refractivity contribution is 0.240. The lowest BCUT2D eigenvalue weighted by atomic mass is 10.1. The molecule has 0 aromatic rings. The number of carbonyl (C=O) groups is 1. The summed E-state index contributed by atoms with van der Waals surface area (Å²) < 4.78 is 11.1. The van der Waals surface area contributed by atoms with Gasteiger partial charge in [-0.2, -0.15) is 0 Å². The Morgan fingerprint density at radius 2 is 1.40 bits per heavy atom. The molecule has 0 aromatic carbocycles. The van der Waals surface area contributed by atoms with Gasteiger partial charge in [0.15, 0.2) is 7.37 Å². The Balaban J connectivity index is 3.27. The molecule has 0 radical (unpaired) electrons. The van der Waals surface area contributed by atoms with Gasteiger partial charge in [-0.3, -0.25) is 4.57 Å². The fourth-order valence-corrected chi connectivity index (χ4v) is 3.30. The van der Waals surface area contributed by atoms with E-state index in [1.165, 1.54) is 13.1 Å². The van der Waals surface area contributed by atoms with E-state index in [-0.39, 0.29) is 6.03 Å². The molecule has 2 amide bonds. The van der Waals surface area contributed by atoms with E-state index in [9.17, 15) is 14.3 Å². The fourth-order valence-electron chi connectivity index (χ4n) is 2.49. The van der Waals surface area contributed by atoms with E-state index in [0.717, 1.165) is 77.3 Å². The normalized spacial score (nSPS) is 13.7. The lowest BCUT2D eigenvalue weighted by Crippen LogP contribution is -2.36. The molecule has 0 bridgehead atoms. The van der Waals surface area contributed by atoms with Crippen molar-refractivity contribution in [3.8, 4) is 0 Å². The van der Waals surface area contributed by atoms with Gasteiger partial charge < -0.3 is 15.5 Å². The van der Waals surface area contributed by atoms with E-state index < -0.39 is 7.37 Å². The van der Waals surface area contributed by atoms with Crippen molar-refractivity contribution < 1.29 is 14.3 Å². The molecule has 6 heteroatoms. The van der Waals surface area contributed by atoms with Crippen molar-refractivity contribution in [2.24, 2.45) is 0 Å². The maximum absolute atomic E-state index is 11.5. The standard InChI is InChI=1S/C19H39N2O3P/c1-3-4-13-16-20-19(22)21-17-14-11-9-7-5-6-8-10-12-15-18-25(2,23)24/h5,7H,3-4,6,8-18H2,1-2H3,(H,23,24)(H2,20,21,22)/b7-5-. The fraction of sp³-hybridized carbons (Fsp3) is 0.842. The average molecular weight is 375 g/mol. The quantitative estimate of drug-likeness (QED) is 0.201. The molecule has 1 atom stereocenters. The summed E-state index contributed by atoms with van der Waals surface area (Å²) in [5.74, 6) is 0. The Morgan fingerprint density at radius 1 is 0.880 bits per heavy atom. The average Bonchev–Trinajstić information content (AvgIpc) is 2.55. The number of urea groups is 1. The molecule has 5 nitrogen and oxygen atoms in total. The van der Waals surface area contributed by atoms with Crippen LogP contribution in [-0.4, -0.2) is 36.8 Å². The SMILES string of the molecule is CCCCCNC(=O)NCCCC/C=C\CCCCCCP(C)(=O)O. The molecule has 1 unspecified atom stereocenters. The summed E-state index contributed by atoms with van der Waals surface area (Å²) in [5.41, 5.74) is 0. The first kappa shape index (κ1) is 24.2. The summed E-state index contributed by atoms with van der Waals surface area (Å²) in [7, 11) is -2.80. The zero-order chi connectivity index (χ0) is 18.8. The number of nitrogens with one attached hydrogen (secondary N) is 2. The van der Waals surface area contributed by atoms with Crippen LogP contribution in [0.4, 0.5) is 4.79 Å². The number of carbonyl (C=O) groups excluding carboxylic acids is 1. The summed E-state index contributed by atoms with van der Waals surface area (Å²) in [5, 5.41) is 5.76. The molecule has 148 valence electrons. The van der Waals surface area contributed by atoms with Crippen LogP contribution < -0.4 is 10.6 Å². The number of rotatable bonds is 16. The molecule has 0 aliphatic carbocycles. The van der Waals surface area contributed by atoms with E-state index in [0.29, 0.717) is 6.16 Å². The van der Waals surface area contributed by atoms with E-state index in [1.807, 2.05) is 0 Å². The van der Waals surface area contributed by atoms with E-state index in [1.54, 1.807) is 0 Å². The van der Waals surface area contributed by atoms with Gasteiger partial charge in [0.05, 0.1) is 0 Å². The summed E-state index contributed by atoms with van der Waals surface area (Å²) in [6, 6.07) is -0.0488. The second-order valence-corrected chi connectivity index (χ2v) is 9.38. The highest BCUT2D eigenvalue weighted by Gasteiger charge is 2.07. The third kappa shape index (κ3) is 21.2. The van der Waals surface area contributed by atoms with Crippen LogP contribution in [0.25, 0.3) is 0 Å². The second kappa shape index (κ2) is 16.7. The monoisotopic (exact) mass is 374 g/mol. The second-order valence-electron chi connectivity index (χ2n) is 6.83. The van der Waals surface area contributed by atoms with E-state index >= 15 is 0 Å². The molecule has 0 aliphatic heterocycles. The van der Waals surface area contributed by atoms with Crippen LogP contribution in [0.2, 0.25) is 0 Å². The minimum atomic E-state index is -2.80. The first-order valence-corrected chi connectivity index (χ1v) is 12.2.